The van der Waals surface area contributed by atoms with Crippen LogP contribution in [0.4, 0.5) is 17.1 Å². The first-order chi connectivity index (χ1) is 27.6. The van der Waals surface area contributed by atoms with Gasteiger partial charge in [-0.2, -0.15) is 0 Å². The molecule has 0 fully saturated rings. The van der Waals surface area contributed by atoms with Crippen LogP contribution in [0.2, 0.25) is 0 Å². The van der Waals surface area contributed by atoms with Gasteiger partial charge in [-0.25, -0.2) is 0 Å². The van der Waals surface area contributed by atoms with Crippen molar-refractivity contribution in [3.05, 3.63) is 205 Å². The highest BCUT2D eigenvalue weighted by Crippen LogP contribution is 2.41. The molecule has 0 bridgehead atoms. The van der Waals surface area contributed by atoms with Crippen molar-refractivity contribution in [3.8, 4) is 17.1 Å². The van der Waals surface area contributed by atoms with E-state index in [2.05, 4.69) is 227 Å². The van der Waals surface area contributed by atoms with Crippen molar-refractivity contribution >= 4 is 71.6 Å². The number of fused-ring (bicyclic) bond motifs is 8. The number of nitrogens with zero attached hydrogens (tertiary/aromatic N) is 4. The molecule has 11 aromatic rings. The minimum absolute atomic E-state index is 1.10. The number of aryl methyl sites for hydroxylation is 2. The average Bonchev–Trinajstić information content (AvgIpc) is 3.93. The van der Waals surface area contributed by atoms with Gasteiger partial charge in [0.2, 0.25) is 0 Å². The number of rotatable bonds is 6. The normalized spacial score (nSPS) is 11.8. The van der Waals surface area contributed by atoms with Crippen molar-refractivity contribution in [2.75, 3.05) is 4.90 Å². The smallest absolute Gasteiger partial charge is 0.0788 e. The second-order valence-corrected chi connectivity index (χ2v) is 14.9. The molecule has 266 valence electrons. The Morgan fingerprint density at radius 1 is 0.357 bits per heavy atom. The van der Waals surface area contributed by atoms with Crippen LogP contribution >= 0.6 is 0 Å². The van der Waals surface area contributed by atoms with Crippen molar-refractivity contribution in [2.45, 2.75) is 13.8 Å². The van der Waals surface area contributed by atoms with Gasteiger partial charge < -0.3 is 18.6 Å². The maximum Gasteiger partial charge on any atom is 0.0788 e. The molecule has 11 rings (SSSR count). The maximum absolute atomic E-state index is 2.42. The Labute approximate surface area is 325 Å². The van der Waals surface area contributed by atoms with E-state index in [0.29, 0.717) is 0 Å². The van der Waals surface area contributed by atoms with Crippen molar-refractivity contribution in [3.63, 3.8) is 0 Å². The summed E-state index contributed by atoms with van der Waals surface area (Å²) in [6.45, 7) is 4.28. The summed E-state index contributed by atoms with van der Waals surface area (Å²) >= 11 is 0. The van der Waals surface area contributed by atoms with Gasteiger partial charge >= 0.3 is 0 Å². The summed E-state index contributed by atoms with van der Waals surface area (Å²) < 4.78 is 7.15. The van der Waals surface area contributed by atoms with Crippen molar-refractivity contribution < 1.29 is 0 Å². The molecule has 0 unspecified atom stereocenters. The monoisotopic (exact) mass is 718 g/mol. The Morgan fingerprint density at radius 3 is 1.61 bits per heavy atom. The number of benzene rings is 8. The van der Waals surface area contributed by atoms with Gasteiger partial charge in [0.05, 0.1) is 27.6 Å². The second kappa shape index (κ2) is 12.6. The summed E-state index contributed by atoms with van der Waals surface area (Å²) in [5.74, 6) is 0. The van der Waals surface area contributed by atoms with E-state index in [0.717, 1.165) is 28.4 Å². The van der Waals surface area contributed by atoms with Gasteiger partial charge in [-0.15, -0.1) is 0 Å². The van der Waals surface area contributed by atoms with Gasteiger partial charge in [-0.05, 0) is 111 Å². The molecule has 0 amide bonds. The highest BCUT2D eigenvalue weighted by molar-refractivity contribution is 6.18. The van der Waals surface area contributed by atoms with E-state index in [4.69, 9.17) is 0 Å². The van der Waals surface area contributed by atoms with E-state index in [1.807, 2.05) is 0 Å². The highest BCUT2D eigenvalue weighted by Gasteiger charge is 2.20. The maximum atomic E-state index is 2.42. The Bertz CT molecular complexity index is 3230. The molecule has 0 aliphatic rings. The first kappa shape index (κ1) is 32.2. The first-order valence-corrected chi connectivity index (χ1v) is 19.3. The van der Waals surface area contributed by atoms with Crippen LogP contribution in [0, 0.1) is 13.8 Å². The van der Waals surface area contributed by atoms with Crippen molar-refractivity contribution in [2.24, 2.45) is 0 Å². The van der Waals surface area contributed by atoms with E-state index in [-0.39, 0.29) is 0 Å². The largest absolute Gasteiger partial charge is 0.315 e. The number of hydrogen-bond acceptors (Lipinski definition) is 1. The highest BCUT2D eigenvalue weighted by atomic mass is 15.1. The summed E-state index contributed by atoms with van der Waals surface area (Å²) in [5.41, 5.74) is 15.3. The van der Waals surface area contributed by atoms with Crippen LogP contribution in [0.15, 0.2) is 194 Å². The fraction of sp³-hybridized carbons (Fsp3) is 0.0385. The van der Waals surface area contributed by atoms with E-state index in [1.54, 1.807) is 0 Å². The molecule has 0 aliphatic heterocycles. The Hall–Kier alpha value is -7.30. The van der Waals surface area contributed by atoms with Gasteiger partial charge in [0.25, 0.3) is 0 Å². The fourth-order valence-corrected chi connectivity index (χ4v) is 8.71. The lowest BCUT2D eigenvalue weighted by Gasteiger charge is -2.26. The molecule has 0 atom stereocenters. The van der Waals surface area contributed by atoms with Crippen LogP contribution in [0.1, 0.15) is 11.1 Å². The summed E-state index contributed by atoms with van der Waals surface area (Å²) in [4.78, 5) is 2.37. The molecule has 8 aromatic carbocycles. The molecule has 0 radical (unpaired) electrons. The molecule has 56 heavy (non-hydrogen) atoms. The van der Waals surface area contributed by atoms with Crippen molar-refractivity contribution in [1.82, 2.24) is 13.7 Å². The van der Waals surface area contributed by atoms with Gasteiger partial charge in [-0.3, -0.25) is 0 Å². The number of aromatic nitrogens is 3. The molecule has 4 nitrogen and oxygen atoms in total. The first-order valence-electron chi connectivity index (χ1n) is 19.3. The SMILES string of the molecule is Cc1ccc(N(c2ccc(-n3ccc4ccc5c6ccccc6n(-c6ccccc6)c5c43)cc2)c2ccc3c(c2)c2ccccc2n3-c2ccc(C)cc2)cc1. The third kappa shape index (κ3) is 5.00. The minimum Gasteiger partial charge on any atom is -0.315 e. The van der Waals surface area contributed by atoms with E-state index >= 15 is 0 Å². The van der Waals surface area contributed by atoms with Crippen LogP contribution in [0.25, 0.3) is 71.6 Å². The number of hydrogen-bond donors (Lipinski definition) is 0. The van der Waals surface area contributed by atoms with Gasteiger partial charge in [0, 0.05) is 67.3 Å². The lowest BCUT2D eigenvalue weighted by atomic mass is 10.1. The topological polar surface area (TPSA) is 18.0 Å². The Kier molecular flexibility index (Phi) is 7.26. The molecular formula is C52H38N4. The molecule has 3 aromatic heterocycles. The van der Waals surface area contributed by atoms with E-state index in [1.165, 1.54) is 71.3 Å². The second-order valence-electron chi connectivity index (χ2n) is 14.9. The molecular weight excluding hydrogens is 681 g/mol. The zero-order chi connectivity index (χ0) is 37.3. The quantitative estimate of drug-likeness (QED) is 0.167. The number of anilines is 3. The molecule has 0 N–H and O–H groups in total. The predicted octanol–water partition coefficient (Wildman–Crippen LogP) is 13.9. The minimum atomic E-state index is 1.10. The van der Waals surface area contributed by atoms with Crippen molar-refractivity contribution in [1.29, 1.82) is 0 Å². The van der Waals surface area contributed by atoms with Crippen LogP contribution < -0.4 is 4.90 Å². The van der Waals surface area contributed by atoms with E-state index < -0.39 is 0 Å². The molecule has 0 saturated carbocycles. The molecule has 4 heteroatoms. The van der Waals surface area contributed by atoms with Gasteiger partial charge in [-0.1, -0.05) is 102 Å². The van der Waals surface area contributed by atoms with Gasteiger partial charge in [0.15, 0.2) is 0 Å². The zero-order valence-electron chi connectivity index (χ0n) is 31.3. The number of para-hydroxylation sites is 3. The van der Waals surface area contributed by atoms with Crippen LogP contribution in [-0.2, 0) is 0 Å². The summed E-state index contributed by atoms with van der Waals surface area (Å²) in [5, 5.41) is 6.18. The fourth-order valence-electron chi connectivity index (χ4n) is 8.71. The lowest BCUT2D eigenvalue weighted by molar-refractivity contribution is 1.11. The van der Waals surface area contributed by atoms with Crippen LogP contribution in [0.5, 0.6) is 0 Å². The Morgan fingerprint density at radius 2 is 0.893 bits per heavy atom. The third-order valence-electron chi connectivity index (χ3n) is 11.4. The molecule has 0 saturated heterocycles. The Balaban J connectivity index is 1.07. The summed E-state index contributed by atoms with van der Waals surface area (Å²) in [7, 11) is 0. The zero-order valence-corrected chi connectivity index (χ0v) is 31.3. The standard InChI is InChI=1S/C52H38N4/c1-35-16-21-40(22-17-35)54(43-29-31-50-47(34-43)45-13-7-8-14-48(45)55(50)42-23-18-36(2)19-24-42)41-27-25-38(26-28-41)53-33-32-37-20-30-46-44-12-6-9-15-49(44)56(52(46)51(37)53)39-10-4-3-5-11-39/h3-34H,1-2H3. The van der Waals surface area contributed by atoms with E-state index in [9.17, 15) is 0 Å². The van der Waals surface area contributed by atoms with Crippen LogP contribution in [-0.4, -0.2) is 13.7 Å². The molecule has 3 heterocycles. The summed E-state index contributed by atoms with van der Waals surface area (Å²) in [6.07, 6.45) is 2.21. The van der Waals surface area contributed by atoms with Gasteiger partial charge in [0.1, 0.15) is 0 Å². The summed E-state index contributed by atoms with van der Waals surface area (Å²) in [6, 6.07) is 68.5. The average molecular weight is 719 g/mol. The lowest BCUT2D eigenvalue weighted by Crippen LogP contribution is -2.10. The molecule has 0 spiro atoms. The molecule has 0 aliphatic carbocycles. The predicted molar refractivity (Wildman–Crippen MR) is 236 cm³/mol. The van der Waals surface area contributed by atoms with Crippen LogP contribution in [0.3, 0.4) is 0 Å². The third-order valence-corrected chi connectivity index (χ3v) is 11.4.